The molecule has 1 fully saturated rings. The summed E-state index contributed by atoms with van der Waals surface area (Å²) in [6.07, 6.45) is 8.93. The first kappa shape index (κ1) is 20.1. The van der Waals surface area contributed by atoms with Crippen molar-refractivity contribution in [2.45, 2.75) is 64.0 Å². The van der Waals surface area contributed by atoms with Crippen LogP contribution in [-0.4, -0.2) is 23.0 Å². The Balaban J connectivity index is 2.51. The molecule has 0 unspecified atom stereocenters. The van der Waals surface area contributed by atoms with Crippen LogP contribution in [0.25, 0.3) is 0 Å². The summed E-state index contributed by atoms with van der Waals surface area (Å²) in [6, 6.07) is 4.95. The van der Waals surface area contributed by atoms with E-state index < -0.39 is 23.0 Å². The van der Waals surface area contributed by atoms with Crippen molar-refractivity contribution in [2.24, 2.45) is 5.73 Å². The molecule has 5 nitrogen and oxygen atoms in total. The second-order valence-electron chi connectivity index (χ2n) is 7.57. The van der Waals surface area contributed by atoms with Crippen LogP contribution in [0.2, 0.25) is 5.02 Å². The lowest BCUT2D eigenvalue weighted by Gasteiger charge is -2.43. The second-order valence-corrected chi connectivity index (χ2v) is 7.98. The van der Waals surface area contributed by atoms with Crippen molar-refractivity contribution in [1.29, 1.82) is 0 Å². The molecular formula is C20H25ClN2O3. The highest BCUT2D eigenvalue weighted by Gasteiger charge is 2.46. The molecule has 1 aliphatic carbocycles. The van der Waals surface area contributed by atoms with Crippen LogP contribution in [-0.2, 0) is 9.59 Å². The van der Waals surface area contributed by atoms with Gasteiger partial charge in [0.05, 0.1) is 5.02 Å². The van der Waals surface area contributed by atoms with Gasteiger partial charge in [0.15, 0.2) is 0 Å². The second kappa shape index (κ2) is 7.59. The smallest absolute Gasteiger partial charge is 0.303 e. The molecule has 0 saturated heterocycles. The number of ether oxygens (including phenoxy) is 1. The van der Waals surface area contributed by atoms with E-state index in [0.29, 0.717) is 29.3 Å². The number of amides is 2. The minimum absolute atomic E-state index is 0.336. The fraction of sp³-hybridized carbons (Fsp3) is 0.500. The lowest BCUT2D eigenvalue weighted by atomic mass is 9.79. The molecule has 140 valence electrons. The number of hydrogen-bond acceptors (Lipinski definition) is 3. The molecule has 6 heteroatoms. The molecule has 0 atom stereocenters. The number of nitrogens with zero attached hydrogens (tertiary/aromatic N) is 1. The molecule has 2 amide bonds. The van der Waals surface area contributed by atoms with E-state index in [-0.39, 0.29) is 0 Å². The van der Waals surface area contributed by atoms with Crippen molar-refractivity contribution in [2.75, 3.05) is 4.90 Å². The summed E-state index contributed by atoms with van der Waals surface area (Å²) in [7, 11) is 0. The summed E-state index contributed by atoms with van der Waals surface area (Å²) < 4.78 is 5.80. The van der Waals surface area contributed by atoms with Crippen LogP contribution in [0, 0.1) is 12.3 Å². The van der Waals surface area contributed by atoms with Gasteiger partial charge in [0.1, 0.15) is 16.9 Å². The lowest BCUT2D eigenvalue weighted by molar-refractivity contribution is -0.127. The third kappa shape index (κ3) is 4.13. The Hall–Kier alpha value is -2.19. The first-order chi connectivity index (χ1) is 12.1. The summed E-state index contributed by atoms with van der Waals surface area (Å²) >= 11 is 6.36. The third-order valence-electron chi connectivity index (χ3n) is 4.48. The zero-order valence-electron chi connectivity index (χ0n) is 15.5. The maximum Gasteiger partial charge on any atom is 0.303 e. The molecule has 0 radical (unpaired) electrons. The Morgan fingerprint density at radius 2 is 1.88 bits per heavy atom. The fourth-order valence-electron chi connectivity index (χ4n) is 3.38. The highest BCUT2D eigenvalue weighted by atomic mass is 35.5. The van der Waals surface area contributed by atoms with Crippen LogP contribution in [0.4, 0.5) is 5.69 Å². The molecule has 2 N–H and O–H groups in total. The minimum atomic E-state index is -1.13. The highest BCUT2D eigenvalue weighted by Crippen LogP contribution is 2.39. The van der Waals surface area contributed by atoms with Gasteiger partial charge < -0.3 is 10.5 Å². The van der Waals surface area contributed by atoms with E-state index in [9.17, 15) is 9.59 Å². The molecule has 1 aliphatic rings. The topological polar surface area (TPSA) is 72.6 Å². The normalized spacial score (nSPS) is 16.4. The summed E-state index contributed by atoms with van der Waals surface area (Å²) in [5.41, 5.74) is 4.62. The van der Waals surface area contributed by atoms with Crippen LogP contribution in [0.1, 0.15) is 52.9 Å². The Morgan fingerprint density at radius 1 is 1.27 bits per heavy atom. The molecule has 0 spiro atoms. The molecular weight excluding hydrogens is 352 g/mol. The number of terminal acetylenes is 1. The van der Waals surface area contributed by atoms with Gasteiger partial charge in [0, 0.05) is 5.69 Å². The standard InChI is InChI=1S/C20H25ClN2O3/c1-5-17(24)23(20(18(22)25)11-7-6-8-12-20)14-9-10-16(15(21)13-14)26-19(2,3)4/h1,9-10,13H,6-8,11-12H2,2-4H3,(H2,22,25). The van der Waals surface area contributed by atoms with Crippen molar-refractivity contribution >= 4 is 29.1 Å². The Kier molecular flexibility index (Phi) is 5.87. The molecule has 0 heterocycles. The fourth-order valence-corrected chi connectivity index (χ4v) is 3.60. The number of nitrogens with two attached hydrogens (primary N) is 1. The van der Waals surface area contributed by atoms with E-state index >= 15 is 0 Å². The van der Waals surface area contributed by atoms with E-state index in [1.54, 1.807) is 18.2 Å². The summed E-state index contributed by atoms with van der Waals surface area (Å²) in [5, 5.41) is 0.336. The van der Waals surface area contributed by atoms with Crippen LogP contribution < -0.4 is 15.4 Å². The van der Waals surface area contributed by atoms with Gasteiger partial charge in [-0.25, -0.2) is 0 Å². The van der Waals surface area contributed by atoms with Crippen molar-refractivity contribution in [1.82, 2.24) is 0 Å². The van der Waals surface area contributed by atoms with Crippen molar-refractivity contribution in [3.05, 3.63) is 23.2 Å². The van der Waals surface area contributed by atoms with Crippen molar-refractivity contribution in [3.8, 4) is 18.1 Å². The summed E-state index contributed by atoms with van der Waals surface area (Å²) in [5.74, 6) is 1.46. The molecule has 0 bridgehead atoms. The Morgan fingerprint density at radius 3 is 2.35 bits per heavy atom. The van der Waals surface area contributed by atoms with E-state index in [2.05, 4.69) is 5.92 Å². The highest BCUT2D eigenvalue weighted by molar-refractivity contribution is 6.32. The molecule has 1 aromatic carbocycles. The van der Waals surface area contributed by atoms with Crippen LogP contribution in [0.5, 0.6) is 5.75 Å². The van der Waals surface area contributed by atoms with Crippen molar-refractivity contribution < 1.29 is 14.3 Å². The van der Waals surface area contributed by atoms with Gasteiger partial charge in [-0.1, -0.05) is 30.9 Å². The Bertz CT molecular complexity index is 740. The zero-order valence-corrected chi connectivity index (χ0v) is 16.2. The zero-order chi connectivity index (χ0) is 19.5. The SMILES string of the molecule is C#CC(=O)N(c1ccc(OC(C)(C)C)c(Cl)c1)C1(C(N)=O)CCCCC1. The number of carbonyl (C=O) groups excluding carboxylic acids is 2. The molecule has 0 aromatic heterocycles. The largest absolute Gasteiger partial charge is 0.487 e. The minimum Gasteiger partial charge on any atom is -0.487 e. The number of halogens is 1. The van der Waals surface area contributed by atoms with Crippen molar-refractivity contribution in [3.63, 3.8) is 0 Å². The number of primary amides is 1. The first-order valence-corrected chi connectivity index (χ1v) is 9.08. The molecule has 2 rings (SSSR count). The molecule has 1 saturated carbocycles. The number of rotatable bonds is 4. The van der Waals surface area contributed by atoms with Gasteiger partial charge >= 0.3 is 5.91 Å². The van der Waals surface area contributed by atoms with Gasteiger partial charge in [0.2, 0.25) is 5.91 Å². The van der Waals surface area contributed by atoms with Gasteiger partial charge in [-0.05, 0) is 57.7 Å². The molecule has 0 aliphatic heterocycles. The lowest BCUT2D eigenvalue weighted by Crippen LogP contribution is -2.60. The van der Waals surface area contributed by atoms with Crippen LogP contribution in [0.15, 0.2) is 18.2 Å². The third-order valence-corrected chi connectivity index (χ3v) is 4.78. The van der Waals surface area contributed by atoms with Gasteiger partial charge in [-0.15, -0.1) is 6.42 Å². The molecule has 1 aromatic rings. The van der Waals surface area contributed by atoms with Crippen LogP contribution in [0.3, 0.4) is 0 Å². The summed E-state index contributed by atoms with van der Waals surface area (Å²) in [6.45, 7) is 5.74. The van der Waals surface area contributed by atoms with Gasteiger partial charge in [-0.2, -0.15) is 0 Å². The maximum absolute atomic E-state index is 12.6. The predicted octanol–water partition coefficient (Wildman–Crippen LogP) is 3.67. The van der Waals surface area contributed by atoms with Crippen LogP contribution >= 0.6 is 11.6 Å². The predicted molar refractivity (Wildman–Crippen MR) is 103 cm³/mol. The van der Waals surface area contributed by atoms with Gasteiger partial charge in [0.25, 0.3) is 0 Å². The monoisotopic (exact) mass is 376 g/mol. The average Bonchev–Trinajstić information content (AvgIpc) is 2.57. The number of carbonyl (C=O) groups is 2. The number of benzene rings is 1. The number of hydrogen-bond donors (Lipinski definition) is 1. The summed E-state index contributed by atoms with van der Waals surface area (Å²) in [4.78, 5) is 26.2. The maximum atomic E-state index is 12.6. The average molecular weight is 377 g/mol. The quantitative estimate of drug-likeness (QED) is 0.815. The van der Waals surface area contributed by atoms with E-state index in [4.69, 9.17) is 28.5 Å². The Labute approximate surface area is 159 Å². The first-order valence-electron chi connectivity index (χ1n) is 8.70. The van der Waals surface area contributed by atoms with E-state index in [0.717, 1.165) is 19.3 Å². The van der Waals surface area contributed by atoms with E-state index in [1.165, 1.54) is 4.90 Å². The number of anilines is 1. The molecule has 26 heavy (non-hydrogen) atoms. The van der Waals surface area contributed by atoms with Gasteiger partial charge in [-0.3, -0.25) is 14.5 Å². The van der Waals surface area contributed by atoms with E-state index in [1.807, 2.05) is 20.8 Å².